The van der Waals surface area contributed by atoms with Crippen LogP contribution in [0.4, 0.5) is 5.69 Å². The number of rotatable bonds is 5. The Morgan fingerprint density at radius 2 is 2.30 bits per heavy atom. The average Bonchev–Trinajstić information content (AvgIpc) is 2.47. The molecule has 0 spiro atoms. The molecule has 0 amide bonds. The average molecular weight is 310 g/mol. The van der Waals surface area contributed by atoms with Gasteiger partial charge in [-0.3, -0.25) is 5.41 Å². The maximum atomic E-state index is 7.94. The molecule has 1 aliphatic heterocycles. The molecule has 1 saturated heterocycles. The molecule has 1 aliphatic rings. The summed E-state index contributed by atoms with van der Waals surface area (Å²) < 4.78 is 0. The number of nitrogen functional groups attached to an aromatic ring is 1. The van der Waals surface area contributed by atoms with E-state index in [4.69, 9.17) is 11.1 Å². The predicted molar refractivity (Wildman–Crippen MR) is 92.6 cm³/mol. The van der Waals surface area contributed by atoms with Gasteiger partial charge in [0.2, 0.25) is 0 Å². The topological polar surface area (TPSA) is 53.1 Å². The molecule has 0 aromatic heterocycles. The highest BCUT2D eigenvalue weighted by Gasteiger charge is 2.23. The van der Waals surface area contributed by atoms with E-state index in [1.165, 1.54) is 6.42 Å². The highest BCUT2D eigenvalue weighted by atomic mass is 32.2. The smallest absolute Gasteiger partial charge is 0.126 e. The van der Waals surface area contributed by atoms with Gasteiger partial charge in [-0.05, 0) is 24.3 Å². The lowest BCUT2D eigenvalue weighted by atomic mass is 10.1. The summed E-state index contributed by atoms with van der Waals surface area (Å²) in [5, 5.41) is 8.63. The van der Waals surface area contributed by atoms with Crippen LogP contribution in [0.25, 0.3) is 0 Å². The largest absolute Gasteiger partial charge is 0.384 e. The number of hydrogen-bond acceptors (Lipinski definition) is 4. The predicted octanol–water partition coefficient (Wildman–Crippen LogP) is 3.41. The third-order valence-corrected chi connectivity index (χ3v) is 5.82. The molecule has 110 valence electrons. The normalized spacial score (nSPS) is 19.1. The van der Waals surface area contributed by atoms with Gasteiger partial charge in [-0.1, -0.05) is 19.9 Å². The number of nitrogens with zero attached hydrogens (tertiary/aromatic N) is 1. The van der Waals surface area contributed by atoms with E-state index in [2.05, 4.69) is 48.7 Å². The zero-order valence-electron chi connectivity index (χ0n) is 12.2. The molecule has 1 unspecified atom stereocenters. The Balaban J connectivity index is 2.34. The minimum Gasteiger partial charge on any atom is -0.384 e. The zero-order valence-corrected chi connectivity index (χ0v) is 13.8. The number of nitrogens with two attached hydrogens (primary N) is 1. The van der Waals surface area contributed by atoms with Crippen molar-refractivity contribution in [1.82, 2.24) is 0 Å². The first-order valence-corrected chi connectivity index (χ1v) is 9.17. The molecule has 3 nitrogen and oxygen atoms in total. The SMILES string of the molecule is CCSc1cccc(N2CCSC(CC)C2)c1C(=N)N. The van der Waals surface area contributed by atoms with Gasteiger partial charge >= 0.3 is 0 Å². The molecule has 1 aromatic carbocycles. The van der Waals surface area contributed by atoms with E-state index in [1.54, 1.807) is 11.8 Å². The second kappa shape index (κ2) is 7.27. The van der Waals surface area contributed by atoms with Crippen molar-refractivity contribution in [3.05, 3.63) is 23.8 Å². The van der Waals surface area contributed by atoms with E-state index in [-0.39, 0.29) is 5.84 Å². The van der Waals surface area contributed by atoms with Crippen LogP contribution in [0.15, 0.2) is 23.1 Å². The molecule has 1 atom stereocenters. The molecule has 3 N–H and O–H groups in total. The quantitative estimate of drug-likeness (QED) is 0.497. The number of anilines is 1. The first-order chi connectivity index (χ1) is 9.67. The van der Waals surface area contributed by atoms with Gasteiger partial charge < -0.3 is 10.6 Å². The van der Waals surface area contributed by atoms with E-state index < -0.39 is 0 Å². The van der Waals surface area contributed by atoms with Crippen molar-refractivity contribution in [1.29, 1.82) is 5.41 Å². The molecule has 1 heterocycles. The highest BCUT2D eigenvalue weighted by Crippen LogP contribution is 2.33. The van der Waals surface area contributed by atoms with E-state index in [0.29, 0.717) is 5.25 Å². The van der Waals surface area contributed by atoms with Gasteiger partial charge in [0.15, 0.2) is 0 Å². The van der Waals surface area contributed by atoms with Crippen LogP contribution in [0.3, 0.4) is 0 Å². The van der Waals surface area contributed by atoms with Crippen molar-refractivity contribution in [2.45, 2.75) is 30.4 Å². The molecule has 2 rings (SSSR count). The molecular weight excluding hydrogens is 286 g/mol. The van der Waals surface area contributed by atoms with Gasteiger partial charge in [0, 0.05) is 34.7 Å². The van der Waals surface area contributed by atoms with E-state index in [0.717, 1.165) is 40.7 Å². The summed E-state index contributed by atoms with van der Waals surface area (Å²) in [7, 11) is 0. The van der Waals surface area contributed by atoms with Gasteiger partial charge in [-0.25, -0.2) is 0 Å². The van der Waals surface area contributed by atoms with Crippen molar-refractivity contribution in [3.63, 3.8) is 0 Å². The summed E-state index contributed by atoms with van der Waals surface area (Å²) >= 11 is 3.82. The Morgan fingerprint density at radius 1 is 1.50 bits per heavy atom. The molecule has 1 fully saturated rings. The zero-order chi connectivity index (χ0) is 14.5. The van der Waals surface area contributed by atoms with Crippen LogP contribution >= 0.6 is 23.5 Å². The molecule has 0 radical (unpaired) electrons. The first kappa shape index (κ1) is 15.6. The van der Waals surface area contributed by atoms with Crippen LogP contribution in [0, 0.1) is 5.41 Å². The molecule has 0 aliphatic carbocycles. The summed E-state index contributed by atoms with van der Waals surface area (Å²) in [4.78, 5) is 3.53. The van der Waals surface area contributed by atoms with E-state index in [9.17, 15) is 0 Å². The number of nitrogens with one attached hydrogen (secondary N) is 1. The van der Waals surface area contributed by atoms with Crippen molar-refractivity contribution in [2.75, 3.05) is 29.5 Å². The lowest BCUT2D eigenvalue weighted by Gasteiger charge is -2.35. The Kier molecular flexibility index (Phi) is 5.66. The fraction of sp³-hybridized carbons (Fsp3) is 0.533. The standard InChI is InChI=1S/C15H23N3S2/c1-3-11-10-18(8-9-20-11)12-6-5-7-13(19-4-2)14(12)15(16)17/h5-7,11H,3-4,8-10H2,1-2H3,(H3,16,17). The summed E-state index contributed by atoms with van der Waals surface area (Å²) in [5.41, 5.74) is 7.91. The Bertz CT molecular complexity index is 476. The molecular formula is C15H23N3S2. The van der Waals surface area contributed by atoms with Crippen molar-refractivity contribution >= 4 is 35.0 Å². The van der Waals surface area contributed by atoms with Crippen LogP contribution in [-0.2, 0) is 0 Å². The number of benzene rings is 1. The van der Waals surface area contributed by atoms with Crippen LogP contribution in [-0.4, -0.2) is 35.7 Å². The van der Waals surface area contributed by atoms with Crippen LogP contribution in [0.1, 0.15) is 25.8 Å². The van der Waals surface area contributed by atoms with Gasteiger partial charge in [0.25, 0.3) is 0 Å². The number of hydrogen-bond donors (Lipinski definition) is 2. The maximum Gasteiger partial charge on any atom is 0.126 e. The van der Waals surface area contributed by atoms with Crippen LogP contribution < -0.4 is 10.6 Å². The second-order valence-electron chi connectivity index (χ2n) is 4.84. The summed E-state index contributed by atoms with van der Waals surface area (Å²) in [6.45, 7) is 6.48. The lowest BCUT2D eigenvalue weighted by Crippen LogP contribution is -2.38. The van der Waals surface area contributed by atoms with Gasteiger partial charge in [0.1, 0.15) is 5.84 Å². The third-order valence-electron chi connectivity index (χ3n) is 3.51. The Hall–Kier alpha value is -0.810. The van der Waals surface area contributed by atoms with Crippen molar-refractivity contribution in [3.8, 4) is 0 Å². The Morgan fingerprint density at radius 3 is 2.95 bits per heavy atom. The summed E-state index contributed by atoms with van der Waals surface area (Å²) in [6, 6.07) is 6.27. The molecule has 20 heavy (non-hydrogen) atoms. The molecule has 0 bridgehead atoms. The van der Waals surface area contributed by atoms with Crippen molar-refractivity contribution < 1.29 is 0 Å². The fourth-order valence-corrected chi connectivity index (χ4v) is 4.54. The van der Waals surface area contributed by atoms with Crippen LogP contribution in [0.2, 0.25) is 0 Å². The second-order valence-corrected chi connectivity index (χ2v) is 7.56. The van der Waals surface area contributed by atoms with E-state index >= 15 is 0 Å². The van der Waals surface area contributed by atoms with E-state index in [1.807, 2.05) is 0 Å². The van der Waals surface area contributed by atoms with Crippen LogP contribution in [0.5, 0.6) is 0 Å². The minimum absolute atomic E-state index is 0.183. The summed E-state index contributed by atoms with van der Waals surface area (Å²) in [6.07, 6.45) is 1.19. The number of thioether (sulfide) groups is 2. The van der Waals surface area contributed by atoms with Crippen molar-refractivity contribution in [2.24, 2.45) is 5.73 Å². The minimum atomic E-state index is 0.183. The molecule has 0 saturated carbocycles. The van der Waals surface area contributed by atoms with Gasteiger partial charge in [0.05, 0.1) is 5.56 Å². The van der Waals surface area contributed by atoms with Gasteiger partial charge in [-0.2, -0.15) is 11.8 Å². The summed E-state index contributed by atoms with van der Waals surface area (Å²) in [5.74, 6) is 2.33. The van der Waals surface area contributed by atoms with Gasteiger partial charge in [-0.15, -0.1) is 11.8 Å². The first-order valence-electron chi connectivity index (χ1n) is 7.14. The monoisotopic (exact) mass is 309 g/mol. The Labute approximate surface area is 130 Å². The lowest BCUT2D eigenvalue weighted by molar-refractivity contribution is 0.727. The molecule has 5 heteroatoms. The third kappa shape index (κ3) is 3.44. The fourth-order valence-electron chi connectivity index (χ4n) is 2.51. The molecule has 1 aromatic rings. The number of amidine groups is 1. The maximum absolute atomic E-state index is 7.94. The highest BCUT2D eigenvalue weighted by molar-refractivity contribution is 8.00.